The fraction of sp³-hybridized carbons (Fsp3) is 0.200. The van der Waals surface area contributed by atoms with E-state index in [1.54, 1.807) is 4.90 Å². The van der Waals surface area contributed by atoms with Crippen LogP contribution in [0, 0.1) is 5.82 Å². The highest BCUT2D eigenvalue weighted by atomic mass is 32.2. The molecule has 34 heavy (non-hydrogen) atoms. The zero-order valence-electron chi connectivity index (χ0n) is 18.6. The molecule has 7 nitrogen and oxygen atoms in total. The number of ether oxygens (including phenoxy) is 1. The summed E-state index contributed by atoms with van der Waals surface area (Å²) in [6, 6.07) is 17.6. The molecular weight excluding hydrogens is 459 g/mol. The van der Waals surface area contributed by atoms with Crippen molar-refractivity contribution in [2.45, 2.75) is 37.3 Å². The van der Waals surface area contributed by atoms with Gasteiger partial charge >= 0.3 is 5.97 Å². The van der Waals surface area contributed by atoms with E-state index in [0.29, 0.717) is 6.42 Å². The van der Waals surface area contributed by atoms with Gasteiger partial charge in [0.25, 0.3) is 15.9 Å². The minimum absolute atomic E-state index is 0.0171. The molecule has 1 aliphatic heterocycles. The van der Waals surface area contributed by atoms with E-state index in [1.165, 1.54) is 43.3 Å². The summed E-state index contributed by atoms with van der Waals surface area (Å²) in [6.07, 6.45) is -0.359. The molecule has 0 radical (unpaired) electrons. The molecule has 0 fully saturated rings. The van der Waals surface area contributed by atoms with Crippen molar-refractivity contribution in [3.8, 4) is 0 Å². The first-order valence-corrected chi connectivity index (χ1v) is 12.1. The highest BCUT2D eigenvalue weighted by Gasteiger charge is 2.34. The van der Waals surface area contributed by atoms with Gasteiger partial charge in [0.1, 0.15) is 5.82 Å². The van der Waals surface area contributed by atoms with Crippen molar-refractivity contribution in [3.63, 3.8) is 0 Å². The van der Waals surface area contributed by atoms with Crippen molar-refractivity contribution >= 4 is 33.3 Å². The van der Waals surface area contributed by atoms with Crippen molar-refractivity contribution in [1.29, 1.82) is 0 Å². The number of rotatable bonds is 6. The minimum atomic E-state index is -4.04. The summed E-state index contributed by atoms with van der Waals surface area (Å²) in [5.41, 5.74) is 2.00. The molecule has 0 bridgehead atoms. The number of carbonyl (C=O) groups is 2. The lowest BCUT2D eigenvalue weighted by Crippen LogP contribution is -2.43. The molecular formula is C25H23FN2O5S. The molecule has 1 N–H and O–H groups in total. The Morgan fingerprint density at radius 1 is 1.06 bits per heavy atom. The van der Waals surface area contributed by atoms with Gasteiger partial charge < -0.3 is 9.64 Å². The number of fused-ring (bicyclic) bond motifs is 1. The number of benzene rings is 3. The van der Waals surface area contributed by atoms with Crippen molar-refractivity contribution in [1.82, 2.24) is 0 Å². The number of nitrogens with zero attached hydrogens (tertiary/aromatic N) is 1. The van der Waals surface area contributed by atoms with Crippen molar-refractivity contribution in [2.75, 3.05) is 9.62 Å². The maximum Gasteiger partial charge on any atom is 0.338 e. The standard InChI is InChI=1S/C25H23FN2O5S/c1-16-14-18-6-3-4-9-23(18)28(16)24(29)17(2)33-25(30)19-7-5-8-22(15-19)34(31,32)27-21-12-10-20(26)11-13-21/h3-13,15-17,27H,14H2,1-2H3/t16-,17+/m1/s1. The Bertz CT molecular complexity index is 1340. The van der Waals surface area contributed by atoms with E-state index in [0.717, 1.165) is 23.4 Å². The number of anilines is 2. The molecule has 176 valence electrons. The Kier molecular flexibility index (Phi) is 6.39. The van der Waals surface area contributed by atoms with E-state index in [-0.39, 0.29) is 28.1 Å². The summed E-state index contributed by atoms with van der Waals surface area (Å²) < 4.78 is 46.2. The van der Waals surface area contributed by atoms with Crippen molar-refractivity contribution in [2.24, 2.45) is 0 Å². The average Bonchev–Trinajstić information content (AvgIpc) is 3.15. The zero-order chi connectivity index (χ0) is 24.5. The van der Waals surface area contributed by atoms with Gasteiger partial charge in [0.05, 0.1) is 10.5 Å². The van der Waals surface area contributed by atoms with E-state index >= 15 is 0 Å². The minimum Gasteiger partial charge on any atom is -0.449 e. The number of sulfonamides is 1. The third-order valence-corrected chi connectivity index (χ3v) is 6.93. The predicted octanol–water partition coefficient (Wildman–Crippen LogP) is 4.15. The van der Waals surface area contributed by atoms with E-state index in [4.69, 9.17) is 4.74 Å². The van der Waals surface area contributed by atoms with Crippen molar-refractivity contribution < 1.29 is 27.1 Å². The van der Waals surface area contributed by atoms with E-state index in [2.05, 4.69) is 4.72 Å². The summed E-state index contributed by atoms with van der Waals surface area (Å²) in [7, 11) is -4.04. The van der Waals surface area contributed by atoms with Gasteiger partial charge in [-0.15, -0.1) is 0 Å². The number of esters is 1. The molecule has 3 aromatic rings. The molecule has 1 heterocycles. The number of hydrogen-bond acceptors (Lipinski definition) is 5. The van der Waals surface area contributed by atoms with Crippen LogP contribution in [0.3, 0.4) is 0 Å². The summed E-state index contributed by atoms with van der Waals surface area (Å²) >= 11 is 0. The lowest BCUT2D eigenvalue weighted by molar-refractivity contribution is -0.126. The molecule has 0 saturated carbocycles. The van der Waals surface area contributed by atoms with E-state index < -0.39 is 27.9 Å². The van der Waals surface area contributed by atoms with Gasteiger partial charge in [0, 0.05) is 17.4 Å². The van der Waals surface area contributed by atoms with Gasteiger partial charge in [0.2, 0.25) is 0 Å². The molecule has 3 aromatic carbocycles. The molecule has 0 spiro atoms. The summed E-state index contributed by atoms with van der Waals surface area (Å²) in [5.74, 6) is -1.67. The number of nitrogens with one attached hydrogen (secondary N) is 1. The van der Waals surface area contributed by atoms with Crippen LogP contribution in [0.15, 0.2) is 77.7 Å². The first-order valence-electron chi connectivity index (χ1n) is 10.7. The molecule has 1 amide bonds. The molecule has 0 unspecified atom stereocenters. The average molecular weight is 483 g/mol. The largest absolute Gasteiger partial charge is 0.449 e. The van der Waals surface area contributed by atoms with Crippen LogP contribution in [-0.4, -0.2) is 32.4 Å². The third kappa shape index (κ3) is 4.79. The van der Waals surface area contributed by atoms with Gasteiger partial charge in [-0.05, 0) is 74.4 Å². The molecule has 1 aliphatic rings. The maximum atomic E-state index is 13.1. The second-order valence-electron chi connectivity index (χ2n) is 8.08. The van der Waals surface area contributed by atoms with Crippen LogP contribution in [0.4, 0.5) is 15.8 Å². The summed E-state index contributed by atoms with van der Waals surface area (Å²) in [6.45, 7) is 3.42. The Morgan fingerprint density at radius 3 is 2.50 bits per heavy atom. The second-order valence-corrected chi connectivity index (χ2v) is 9.76. The molecule has 0 saturated heterocycles. The normalized spacial score (nSPS) is 16.0. The number of amides is 1. The lowest BCUT2D eigenvalue weighted by Gasteiger charge is -2.26. The number of hydrogen-bond donors (Lipinski definition) is 1. The number of para-hydroxylation sites is 1. The van der Waals surface area contributed by atoms with Gasteiger partial charge in [-0.3, -0.25) is 9.52 Å². The highest BCUT2D eigenvalue weighted by molar-refractivity contribution is 7.92. The van der Waals surface area contributed by atoms with Crippen LogP contribution in [0.5, 0.6) is 0 Å². The first kappa shape index (κ1) is 23.4. The fourth-order valence-corrected chi connectivity index (χ4v) is 5.00. The maximum absolute atomic E-state index is 13.1. The monoisotopic (exact) mass is 482 g/mol. The van der Waals surface area contributed by atoms with Crippen molar-refractivity contribution in [3.05, 3.63) is 89.7 Å². The predicted molar refractivity (Wildman–Crippen MR) is 126 cm³/mol. The third-order valence-electron chi connectivity index (χ3n) is 5.55. The number of halogens is 1. The van der Waals surface area contributed by atoms with Crippen LogP contribution < -0.4 is 9.62 Å². The second kappa shape index (κ2) is 9.26. The van der Waals surface area contributed by atoms with Crippen LogP contribution in [-0.2, 0) is 26.0 Å². The Morgan fingerprint density at radius 2 is 1.76 bits per heavy atom. The summed E-state index contributed by atoms with van der Waals surface area (Å²) in [4.78, 5) is 27.2. The topological polar surface area (TPSA) is 92.8 Å². The van der Waals surface area contributed by atoms with E-state index in [9.17, 15) is 22.4 Å². The smallest absolute Gasteiger partial charge is 0.338 e. The Labute approximate surface area is 197 Å². The fourth-order valence-electron chi connectivity index (χ4n) is 3.90. The zero-order valence-corrected chi connectivity index (χ0v) is 19.4. The molecule has 2 atom stereocenters. The van der Waals surface area contributed by atoms with Crippen LogP contribution >= 0.6 is 0 Å². The number of carbonyl (C=O) groups excluding carboxylic acids is 2. The molecule has 9 heteroatoms. The summed E-state index contributed by atoms with van der Waals surface area (Å²) in [5, 5.41) is 0. The van der Waals surface area contributed by atoms with Gasteiger partial charge in [-0.2, -0.15) is 0 Å². The van der Waals surface area contributed by atoms with Crippen LogP contribution in [0.2, 0.25) is 0 Å². The van der Waals surface area contributed by atoms with E-state index in [1.807, 2.05) is 31.2 Å². The highest BCUT2D eigenvalue weighted by Crippen LogP contribution is 2.32. The Hall–Kier alpha value is -3.72. The first-order chi connectivity index (χ1) is 16.2. The lowest BCUT2D eigenvalue weighted by atomic mass is 10.1. The van der Waals surface area contributed by atoms with Crippen LogP contribution in [0.1, 0.15) is 29.8 Å². The van der Waals surface area contributed by atoms with Crippen LogP contribution in [0.25, 0.3) is 0 Å². The van der Waals surface area contributed by atoms with Gasteiger partial charge in [-0.25, -0.2) is 17.6 Å². The Balaban J connectivity index is 1.48. The SMILES string of the molecule is C[C@H](OC(=O)c1cccc(S(=O)(=O)Nc2ccc(F)cc2)c1)C(=O)N1c2ccccc2C[C@H]1C. The molecule has 0 aromatic heterocycles. The quantitative estimate of drug-likeness (QED) is 0.533. The van der Waals surface area contributed by atoms with Gasteiger partial charge in [-0.1, -0.05) is 24.3 Å². The molecule has 0 aliphatic carbocycles. The molecule has 4 rings (SSSR count). The van der Waals surface area contributed by atoms with Gasteiger partial charge in [0.15, 0.2) is 6.10 Å².